The van der Waals surface area contributed by atoms with E-state index in [4.69, 9.17) is 0 Å². The maximum Gasteiger partial charge on any atom is 0.227 e. The molecular weight excluding hydrogens is 224 g/mol. The molecular formula is C15H22N2O. The fourth-order valence-electron chi connectivity index (χ4n) is 2.43. The van der Waals surface area contributed by atoms with E-state index in [1.54, 1.807) is 0 Å². The van der Waals surface area contributed by atoms with Crippen LogP contribution < -0.4 is 10.6 Å². The molecule has 0 aliphatic carbocycles. The number of hydrogen-bond acceptors (Lipinski definition) is 2. The SMILES string of the molecule is Cc1ccc(NC(=O)C2CCNC(C)C2)cc1C. The Hall–Kier alpha value is -1.35. The first-order chi connectivity index (χ1) is 8.56. The second kappa shape index (κ2) is 5.53. The molecule has 1 saturated heterocycles. The van der Waals surface area contributed by atoms with E-state index in [9.17, 15) is 4.79 Å². The number of benzene rings is 1. The maximum absolute atomic E-state index is 12.2. The van der Waals surface area contributed by atoms with Gasteiger partial charge in [0.25, 0.3) is 0 Å². The summed E-state index contributed by atoms with van der Waals surface area (Å²) in [6, 6.07) is 6.51. The van der Waals surface area contributed by atoms with Crippen LogP contribution in [0.5, 0.6) is 0 Å². The zero-order valence-electron chi connectivity index (χ0n) is 11.4. The first-order valence-corrected chi connectivity index (χ1v) is 6.68. The highest BCUT2D eigenvalue weighted by Crippen LogP contribution is 2.20. The van der Waals surface area contributed by atoms with Gasteiger partial charge in [0.2, 0.25) is 5.91 Å². The molecule has 1 heterocycles. The van der Waals surface area contributed by atoms with E-state index in [1.807, 2.05) is 12.1 Å². The summed E-state index contributed by atoms with van der Waals surface area (Å²) in [7, 11) is 0. The molecule has 0 saturated carbocycles. The lowest BCUT2D eigenvalue weighted by atomic mass is 9.92. The molecule has 1 aromatic carbocycles. The maximum atomic E-state index is 12.2. The van der Waals surface area contributed by atoms with Gasteiger partial charge in [0, 0.05) is 17.6 Å². The van der Waals surface area contributed by atoms with Crippen LogP contribution in [0.25, 0.3) is 0 Å². The van der Waals surface area contributed by atoms with Gasteiger partial charge in [-0.05, 0) is 63.4 Å². The Labute approximate surface area is 109 Å². The molecule has 0 aromatic heterocycles. The van der Waals surface area contributed by atoms with Crippen molar-refractivity contribution in [2.75, 3.05) is 11.9 Å². The van der Waals surface area contributed by atoms with Crippen molar-refractivity contribution in [2.45, 2.75) is 39.7 Å². The van der Waals surface area contributed by atoms with Crippen LogP contribution in [-0.4, -0.2) is 18.5 Å². The van der Waals surface area contributed by atoms with Gasteiger partial charge in [-0.15, -0.1) is 0 Å². The average molecular weight is 246 g/mol. The summed E-state index contributed by atoms with van der Waals surface area (Å²) in [4.78, 5) is 12.2. The van der Waals surface area contributed by atoms with Crippen molar-refractivity contribution in [1.29, 1.82) is 0 Å². The minimum atomic E-state index is 0.142. The van der Waals surface area contributed by atoms with Crippen molar-refractivity contribution in [1.82, 2.24) is 5.32 Å². The number of anilines is 1. The van der Waals surface area contributed by atoms with Crippen LogP contribution in [-0.2, 0) is 4.79 Å². The van der Waals surface area contributed by atoms with Crippen molar-refractivity contribution in [3.05, 3.63) is 29.3 Å². The molecule has 98 valence electrons. The van der Waals surface area contributed by atoms with Crippen LogP contribution in [0.1, 0.15) is 30.9 Å². The van der Waals surface area contributed by atoms with E-state index in [0.717, 1.165) is 25.1 Å². The smallest absolute Gasteiger partial charge is 0.227 e. The molecule has 2 atom stereocenters. The molecule has 0 radical (unpaired) electrons. The van der Waals surface area contributed by atoms with Crippen LogP contribution >= 0.6 is 0 Å². The quantitative estimate of drug-likeness (QED) is 0.842. The van der Waals surface area contributed by atoms with Gasteiger partial charge in [-0.1, -0.05) is 6.07 Å². The van der Waals surface area contributed by atoms with Gasteiger partial charge < -0.3 is 10.6 Å². The molecule has 3 nitrogen and oxygen atoms in total. The molecule has 2 N–H and O–H groups in total. The van der Waals surface area contributed by atoms with Crippen LogP contribution in [0.4, 0.5) is 5.69 Å². The van der Waals surface area contributed by atoms with Crippen LogP contribution in [0.3, 0.4) is 0 Å². The molecule has 2 rings (SSSR count). The third-order valence-electron chi connectivity index (χ3n) is 3.77. The summed E-state index contributed by atoms with van der Waals surface area (Å²) in [5.74, 6) is 0.300. The monoisotopic (exact) mass is 246 g/mol. The molecule has 1 aromatic rings. The highest BCUT2D eigenvalue weighted by atomic mass is 16.1. The molecule has 18 heavy (non-hydrogen) atoms. The zero-order chi connectivity index (χ0) is 13.1. The Balaban J connectivity index is 2.00. The second-order valence-electron chi connectivity index (χ2n) is 5.36. The lowest BCUT2D eigenvalue weighted by molar-refractivity contribution is -0.120. The summed E-state index contributed by atoms with van der Waals surface area (Å²) in [6.45, 7) is 7.22. The van der Waals surface area contributed by atoms with E-state index < -0.39 is 0 Å². The lowest BCUT2D eigenvalue weighted by Gasteiger charge is -2.27. The molecule has 1 aliphatic rings. The molecule has 1 aliphatic heterocycles. The van der Waals surface area contributed by atoms with Gasteiger partial charge in [0.05, 0.1) is 0 Å². The van der Waals surface area contributed by atoms with Gasteiger partial charge >= 0.3 is 0 Å². The summed E-state index contributed by atoms with van der Waals surface area (Å²) in [6.07, 6.45) is 1.86. The first kappa shape index (κ1) is 13.1. The number of amides is 1. The van der Waals surface area contributed by atoms with Crippen LogP contribution in [0, 0.1) is 19.8 Å². The Bertz CT molecular complexity index is 442. The Kier molecular flexibility index (Phi) is 4.02. The Morgan fingerprint density at radius 2 is 2.11 bits per heavy atom. The van der Waals surface area contributed by atoms with E-state index in [2.05, 4.69) is 37.5 Å². The van der Waals surface area contributed by atoms with E-state index in [0.29, 0.717) is 6.04 Å². The third-order valence-corrected chi connectivity index (χ3v) is 3.77. The molecule has 2 unspecified atom stereocenters. The standard InChI is InChI=1S/C15H22N2O/c1-10-4-5-14(8-11(10)2)17-15(18)13-6-7-16-12(3)9-13/h4-5,8,12-13,16H,6-7,9H2,1-3H3,(H,17,18). The summed E-state index contributed by atoms with van der Waals surface area (Å²) in [5.41, 5.74) is 3.38. The summed E-state index contributed by atoms with van der Waals surface area (Å²) in [5, 5.41) is 6.40. The fraction of sp³-hybridized carbons (Fsp3) is 0.533. The van der Waals surface area contributed by atoms with Gasteiger partial charge in [-0.25, -0.2) is 0 Å². The van der Waals surface area contributed by atoms with Crippen molar-refractivity contribution >= 4 is 11.6 Å². The second-order valence-corrected chi connectivity index (χ2v) is 5.36. The number of nitrogens with one attached hydrogen (secondary N) is 2. The molecule has 0 bridgehead atoms. The number of rotatable bonds is 2. The highest BCUT2D eigenvalue weighted by molar-refractivity contribution is 5.92. The van der Waals surface area contributed by atoms with Gasteiger partial charge in [0.1, 0.15) is 0 Å². The van der Waals surface area contributed by atoms with E-state index in [-0.39, 0.29) is 11.8 Å². The minimum absolute atomic E-state index is 0.142. The third kappa shape index (κ3) is 3.10. The van der Waals surface area contributed by atoms with Gasteiger partial charge in [0.15, 0.2) is 0 Å². The summed E-state index contributed by atoms with van der Waals surface area (Å²) < 4.78 is 0. The molecule has 1 amide bonds. The number of hydrogen-bond donors (Lipinski definition) is 2. The highest BCUT2D eigenvalue weighted by Gasteiger charge is 2.24. The van der Waals surface area contributed by atoms with Crippen LogP contribution in [0.2, 0.25) is 0 Å². The lowest BCUT2D eigenvalue weighted by Crippen LogP contribution is -2.40. The average Bonchev–Trinajstić information content (AvgIpc) is 2.34. The predicted octanol–water partition coefficient (Wildman–Crippen LogP) is 2.63. The fourth-order valence-corrected chi connectivity index (χ4v) is 2.43. The first-order valence-electron chi connectivity index (χ1n) is 6.68. The normalized spacial score (nSPS) is 23.7. The molecule has 1 fully saturated rings. The van der Waals surface area contributed by atoms with Crippen molar-refractivity contribution in [2.24, 2.45) is 5.92 Å². The van der Waals surface area contributed by atoms with Crippen molar-refractivity contribution in [3.8, 4) is 0 Å². The largest absolute Gasteiger partial charge is 0.326 e. The van der Waals surface area contributed by atoms with E-state index in [1.165, 1.54) is 11.1 Å². The minimum Gasteiger partial charge on any atom is -0.326 e. The van der Waals surface area contributed by atoms with Crippen LogP contribution in [0.15, 0.2) is 18.2 Å². The van der Waals surface area contributed by atoms with E-state index >= 15 is 0 Å². The number of carbonyl (C=O) groups is 1. The Morgan fingerprint density at radius 1 is 1.33 bits per heavy atom. The molecule has 3 heteroatoms. The van der Waals surface area contributed by atoms with Crippen molar-refractivity contribution in [3.63, 3.8) is 0 Å². The molecule has 0 spiro atoms. The van der Waals surface area contributed by atoms with Gasteiger partial charge in [-0.3, -0.25) is 4.79 Å². The Morgan fingerprint density at radius 3 is 2.78 bits per heavy atom. The summed E-state index contributed by atoms with van der Waals surface area (Å²) >= 11 is 0. The van der Waals surface area contributed by atoms with Crippen molar-refractivity contribution < 1.29 is 4.79 Å². The van der Waals surface area contributed by atoms with Gasteiger partial charge in [-0.2, -0.15) is 0 Å². The zero-order valence-corrected chi connectivity index (χ0v) is 11.4. The number of aryl methyl sites for hydroxylation is 2. The topological polar surface area (TPSA) is 41.1 Å². The predicted molar refractivity (Wildman–Crippen MR) is 74.7 cm³/mol. The number of piperidine rings is 1. The number of carbonyl (C=O) groups excluding carboxylic acids is 1.